The lowest BCUT2D eigenvalue weighted by molar-refractivity contribution is -0.123. The molecule has 170 valence electrons. The normalized spacial score (nSPS) is 12.7. The van der Waals surface area contributed by atoms with Crippen molar-refractivity contribution in [3.8, 4) is 0 Å². The molecule has 0 aromatic carbocycles. The third-order valence-electron chi connectivity index (χ3n) is 3.42. The van der Waals surface area contributed by atoms with Crippen LogP contribution in [0.15, 0.2) is 0 Å². The fraction of sp³-hybridized carbons (Fsp3) is 0.850. The Morgan fingerprint density at radius 2 is 1.34 bits per heavy atom. The van der Waals surface area contributed by atoms with Crippen molar-refractivity contribution in [2.75, 3.05) is 26.8 Å². The summed E-state index contributed by atoms with van der Waals surface area (Å²) in [4.78, 5) is 36.1. The van der Waals surface area contributed by atoms with Crippen LogP contribution in [0, 0.1) is 0 Å². The molecule has 0 spiro atoms. The summed E-state index contributed by atoms with van der Waals surface area (Å²) < 4.78 is 15.4. The number of rotatable bonds is 11. The van der Waals surface area contributed by atoms with Crippen molar-refractivity contribution in [1.82, 2.24) is 16.0 Å². The summed E-state index contributed by atoms with van der Waals surface area (Å²) in [5.74, 6) is -0.271. The second-order valence-electron chi connectivity index (χ2n) is 8.76. The molecule has 0 fully saturated rings. The Hall–Kier alpha value is -2.03. The largest absolute Gasteiger partial charge is 0.444 e. The lowest BCUT2D eigenvalue weighted by Gasteiger charge is -2.23. The summed E-state index contributed by atoms with van der Waals surface area (Å²) in [6, 6.07) is -0.714. The Bertz CT molecular complexity index is 511. The Kier molecular flexibility index (Phi) is 12.3. The minimum absolute atomic E-state index is 0.271. The summed E-state index contributed by atoms with van der Waals surface area (Å²) >= 11 is 0. The molecule has 0 rings (SSSR count). The molecular formula is C20H39N3O6. The molecule has 1 atom stereocenters. The monoisotopic (exact) mass is 417 g/mol. The van der Waals surface area contributed by atoms with Crippen LogP contribution in [0.2, 0.25) is 0 Å². The average Bonchev–Trinajstić information content (AvgIpc) is 2.53. The van der Waals surface area contributed by atoms with Crippen molar-refractivity contribution in [3.05, 3.63) is 0 Å². The van der Waals surface area contributed by atoms with E-state index in [0.29, 0.717) is 45.4 Å². The fourth-order valence-electron chi connectivity index (χ4n) is 2.25. The van der Waals surface area contributed by atoms with Crippen LogP contribution in [0.5, 0.6) is 0 Å². The summed E-state index contributed by atoms with van der Waals surface area (Å²) in [6.45, 7) is 12.1. The fourth-order valence-corrected chi connectivity index (χ4v) is 2.25. The molecule has 0 heterocycles. The first-order chi connectivity index (χ1) is 13.3. The summed E-state index contributed by atoms with van der Waals surface area (Å²) in [7, 11) is 1.60. The number of methoxy groups -OCH3 is 1. The summed E-state index contributed by atoms with van der Waals surface area (Å²) in [5.41, 5.74) is -1.20. The Morgan fingerprint density at radius 3 is 1.90 bits per heavy atom. The second-order valence-corrected chi connectivity index (χ2v) is 8.76. The zero-order chi connectivity index (χ0) is 22.5. The second kappa shape index (κ2) is 13.2. The van der Waals surface area contributed by atoms with Gasteiger partial charge >= 0.3 is 12.2 Å². The lowest BCUT2D eigenvalue weighted by atomic mass is 10.1. The number of carbonyl (C=O) groups excluding carboxylic acids is 3. The molecule has 0 aromatic heterocycles. The van der Waals surface area contributed by atoms with Crippen LogP contribution in [0.3, 0.4) is 0 Å². The zero-order valence-electron chi connectivity index (χ0n) is 19.0. The lowest BCUT2D eigenvalue weighted by Crippen LogP contribution is -2.48. The van der Waals surface area contributed by atoms with Crippen LogP contribution >= 0.6 is 0 Å². The highest BCUT2D eigenvalue weighted by Gasteiger charge is 2.24. The van der Waals surface area contributed by atoms with Gasteiger partial charge in [0.05, 0.1) is 0 Å². The van der Waals surface area contributed by atoms with E-state index in [-0.39, 0.29) is 5.91 Å². The first kappa shape index (κ1) is 27.0. The maximum absolute atomic E-state index is 12.4. The Morgan fingerprint density at radius 1 is 0.793 bits per heavy atom. The SMILES string of the molecule is COCCCNC(=O)C(CCCCNC(=O)OC(C)(C)C)NC(=O)OC(C)(C)C. The van der Waals surface area contributed by atoms with Crippen LogP contribution in [0.4, 0.5) is 9.59 Å². The molecule has 1 unspecified atom stereocenters. The van der Waals surface area contributed by atoms with Gasteiger partial charge in [-0.1, -0.05) is 0 Å². The van der Waals surface area contributed by atoms with Gasteiger partial charge in [0.15, 0.2) is 0 Å². The van der Waals surface area contributed by atoms with Crippen molar-refractivity contribution >= 4 is 18.1 Å². The third kappa shape index (κ3) is 16.6. The number of carbonyl (C=O) groups is 3. The Labute approximate surface area is 174 Å². The minimum Gasteiger partial charge on any atom is -0.444 e. The standard InChI is InChI=1S/C20H39N3O6/c1-19(2,3)28-17(25)22-12-9-8-11-15(16(24)21-13-10-14-27-7)23-18(26)29-20(4,5)6/h15H,8-14H2,1-7H3,(H,21,24)(H,22,25)(H,23,26). The molecule has 0 aliphatic heterocycles. The predicted octanol–water partition coefficient (Wildman–Crippen LogP) is 2.73. The molecule has 3 N–H and O–H groups in total. The zero-order valence-corrected chi connectivity index (χ0v) is 19.0. The molecule has 0 aromatic rings. The topological polar surface area (TPSA) is 115 Å². The third-order valence-corrected chi connectivity index (χ3v) is 3.42. The number of ether oxygens (including phenoxy) is 3. The molecule has 0 aliphatic carbocycles. The van der Waals surface area contributed by atoms with E-state index in [1.54, 1.807) is 48.7 Å². The maximum Gasteiger partial charge on any atom is 0.408 e. The average molecular weight is 418 g/mol. The van der Waals surface area contributed by atoms with E-state index in [0.717, 1.165) is 0 Å². The van der Waals surface area contributed by atoms with Gasteiger partial charge in [-0.2, -0.15) is 0 Å². The van der Waals surface area contributed by atoms with Crippen molar-refractivity contribution in [3.63, 3.8) is 0 Å². The first-order valence-electron chi connectivity index (χ1n) is 10.1. The van der Waals surface area contributed by atoms with Crippen LogP contribution in [-0.2, 0) is 19.0 Å². The molecule has 29 heavy (non-hydrogen) atoms. The van der Waals surface area contributed by atoms with Crippen LogP contribution in [-0.4, -0.2) is 62.1 Å². The van der Waals surface area contributed by atoms with Crippen LogP contribution in [0.25, 0.3) is 0 Å². The summed E-state index contributed by atoms with van der Waals surface area (Å²) in [6.07, 6.45) is 1.26. The molecule has 9 heteroatoms. The number of alkyl carbamates (subject to hydrolysis) is 2. The molecule has 0 aliphatic rings. The van der Waals surface area contributed by atoms with E-state index in [1.165, 1.54) is 0 Å². The predicted molar refractivity (Wildman–Crippen MR) is 111 cm³/mol. The molecule has 0 saturated carbocycles. The van der Waals surface area contributed by atoms with Gasteiger partial charge in [0.25, 0.3) is 0 Å². The van der Waals surface area contributed by atoms with Crippen molar-refractivity contribution in [2.45, 2.75) is 84.5 Å². The van der Waals surface area contributed by atoms with Gasteiger partial charge in [-0.05, 0) is 67.2 Å². The number of nitrogens with one attached hydrogen (secondary N) is 3. The number of unbranched alkanes of at least 4 members (excludes halogenated alkanes) is 1. The highest BCUT2D eigenvalue weighted by Crippen LogP contribution is 2.09. The molecule has 9 nitrogen and oxygen atoms in total. The van der Waals surface area contributed by atoms with Gasteiger partial charge in [0, 0.05) is 26.8 Å². The highest BCUT2D eigenvalue weighted by molar-refractivity contribution is 5.85. The van der Waals surface area contributed by atoms with E-state index < -0.39 is 29.4 Å². The molecule has 0 saturated heterocycles. The number of amides is 3. The Balaban J connectivity index is 4.48. The van der Waals surface area contributed by atoms with Crippen LogP contribution in [0.1, 0.15) is 67.2 Å². The van der Waals surface area contributed by atoms with E-state index in [1.807, 2.05) is 0 Å². The van der Waals surface area contributed by atoms with Crippen LogP contribution < -0.4 is 16.0 Å². The number of hydrogen-bond donors (Lipinski definition) is 3. The van der Waals surface area contributed by atoms with Crippen molar-refractivity contribution < 1.29 is 28.6 Å². The quantitative estimate of drug-likeness (QED) is 0.445. The van der Waals surface area contributed by atoms with E-state index >= 15 is 0 Å². The van der Waals surface area contributed by atoms with Gasteiger partial charge in [-0.25, -0.2) is 9.59 Å². The number of hydrogen-bond acceptors (Lipinski definition) is 6. The molecule has 3 amide bonds. The highest BCUT2D eigenvalue weighted by atomic mass is 16.6. The van der Waals surface area contributed by atoms with Gasteiger partial charge in [0.2, 0.25) is 5.91 Å². The van der Waals surface area contributed by atoms with E-state index in [2.05, 4.69) is 16.0 Å². The first-order valence-corrected chi connectivity index (χ1v) is 10.1. The van der Waals surface area contributed by atoms with E-state index in [4.69, 9.17) is 14.2 Å². The maximum atomic E-state index is 12.4. The van der Waals surface area contributed by atoms with Gasteiger partial charge < -0.3 is 30.2 Å². The molecule has 0 bridgehead atoms. The molecule has 0 radical (unpaired) electrons. The van der Waals surface area contributed by atoms with Crippen molar-refractivity contribution in [1.29, 1.82) is 0 Å². The summed E-state index contributed by atoms with van der Waals surface area (Å²) in [5, 5.41) is 8.09. The van der Waals surface area contributed by atoms with Gasteiger partial charge in [-0.15, -0.1) is 0 Å². The van der Waals surface area contributed by atoms with E-state index in [9.17, 15) is 14.4 Å². The van der Waals surface area contributed by atoms with Gasteiger partial charge in [0.1, 0.15) is 17.2 Å². The molecular weight excluding hydrogens is 378 g/mol. The van der Waals surface area contributed by atoms with Crippen molar-refractivity contribution in [2.24, 2.45) is 0 Å². The van der Waals surface area contributed by atoms with Gasteiger partial charge in [-0.3, -0.25) is 4.79 Å². The minimum atomic E-state index is -0.714. The smallest absolute Gasteiger partial charge is 0.408 e.